The van der Waals surface area contributed by atoms with Crippen molar-refractivity contribution in [3.05, 3.63) is 77.4 Å². The summed E-state index contributed by atoms with van der Waals surface area (Å²) < 4.78 is 38.5. The number of carbonyl (C=O) groups excluding carboxylic acids is 1. The maximum Gasteiger partial charge on any atom is 0.261 e. The van der Waals surface area contributed by atoms with E-state index in [1.807, 2.05) is 38.1 Å². The summed E-state index contributed by atoms with van der Waals surface area (Å²) in [5, 5.41) is 2.80. The number of anilines is 2. The standard InChI is InChI=1S/C25H28N2O5S/c1-17-5-12-22(18(2)15-17)27-33(29,30)21-10-8-20(9-11-21)26-25(28)14-7-19-6-13-23(31-3)24(16-19)32-4/h5-6,8-13,15-16,27H,7,14H2,1-4H3,(H,26,28). The second-order valence-electron chi connectivity index (χ2n) is 7.69. The second-order valence-corrected chi connectivity index (χ2v) is 9.37. The van der Waals surface area contributed by atoms with Crippen molar-refractivity contribution in [2.75, 3.05) is 24.3 Å². The minimum atomic E-state index is -3.74. The zero-order valence-corrected chi connectivity index (χ0v) is 20.0. The SMILES string of the molecule is COc1ccc(CCC(=O)Nc2ccc(S(=O)(=O)Nc3ccc(C)cc3C)cc2)cc1OC. The molecule has 0 spiro atoms. The molecule has 0 aromatic heterocycles. The van der Waals surface area contributed by atoms with E-state index in [0.717, 1.165) is 16.7 Å². The Morgan fingerprint density at radius 1 is 0.879 bits per heavy atom. The van der Waals surface area contributed by atoms with E-state index < -0.39 is 10.0 Å². The topological polar surface area (TPSA) is 93.7 Å². The van der Waals surface area contributed by atoms with Crippen molar-refractivity contribution < 1.29 is 22.7 Å². The molecule has 3 rings (SSSR count). The monoisotopic (exact) mass is 468 g/mol. The van der Waals surface area contributed by atoms with Crippen molar-refractivity contribution in [2.24, 2.45) is 0 Å². The maximum absolute atomic E-state index is 12.7. The zero-order chi connectivity index (χ0) is 24.0. The second kappa shape index (κ2) is 10.4. The Morgan fingerprint density at radius 2 is 1.58 bits per heavy atom. The van der Waals surface area contributed by atoms with Crippen molar-refractivity contribution >= 4 is 27.3 Å². The average molecular weight is 469 g/mol. The van der Waals surface area contributed by atoms with Gasteiger partial charge < -0.3 is 14.8 Å². The molecule has 3 aromatic rings. The quantitative estimate of drug-likeness (QED) is 0.475. The number of hydrogen-bond acceptors (Lipinski definition) is 5. The zero-order valence-electron chi connectivity index (χ0n) is 19.1. The number of carbonyl (C=O) groups is 1. The predicted molar refractivity (Wildman–Crippen MR) is 130 cm³/mol. The molecule has 0 saturated heterocycles. The first-order chi connectivity index (χ1) is 15.7. The molecular weight excluding hydrogens is 440 g/mol. The molecule has 0 atom stereocenters. The van der Waals surface area contributed by atoms with Crippen molar-refractivity contribution in [1.82, 2.24) is 0 Å². The van der Waals surface area contributed by atoms with Crippen LogP contribution in [0.25, 0.3) is 0 Å². The number of amides is 1. The van der Waals surface area contributed by atoms with Crippen LogP contribution >= 0.6 is 0 Å². The van der Waals surface area contributed by atoms with Crippen molar-refractivity contribution in [1.29, 1.82) is 0 Å². The fraction of sp³-hybridized carbons (Fsp3) is 0.240. The summed E-state index contributed by atoms with van der Waals surface area (Å²) in [5.41, 5.74) is 3.91. The van der Waals surface area contributed by atoms with Gasteiger partial charge in [0.05, 0.1) is 24.8 Å². The average Bonchev–Trinajstić information content (AvgIpc) is 2.79. The normalized spacial score (nSPS) is 11.0. The summed E-state index contributed by atoms with van der Waals surface area (Å²) in [5.74, 6) is 1.07. The van der Waals surface area contributed by atoms with E-state index in [-0.39, 0.29) is 17.2 Å². The largest absolute Gasteiger partial charge is 0.493 e. The van der Waals surface area contributed by atoms with Crippen LogP contribution in [0.4, 0.5) is 11.4 Å². The van der Waals surface area contributed by atoms with Gasteiger partial charge in [0.25, 0.3) is 10.0 Å². The molecule has 0 heterocycles. The minimum Gasteiger partial charge on any atom is -0.493 e. The van der Waals surface area contributed by atoms with E-state index in [0.29, 0.717) is 29.3 Å². The van der Waals surface area contributed by atoms with Gasteiger partial charge in [-0.15, -0.1) is 0 Å². The third kappa shape index (κ3) is 6.26. The molecule has 3 aromatic carbocycles. The van der Waals surface area contributed by atoms with Gasteiger partial charge >= 0.3 is 0 Å². The summed E-state index contributed by atoms with van der Waals surface area (Å²) >= 11 is 0. The van der Waals surface area contributed by atoms with E-state index in [1.54, 1.807) is 38.5 Å². The number of rotatable bonds is 9. The van der Waals surface area contributed by atoms with E-state index >= 15 is 0 Å². The Kier molecular flexibility index (Phi) is 7.60. The van der Waals surface area contributed by atoms with Crippen molar-refractivity contribution in [2.45, 2.75) is 31.6 Å². The van der Waals surface area contributed by atoms with Gasteiger partial charge in [0, 0.05) is 12.1 Å². The molecule has 1 amide bonds. The summed E-state index contributed by atoms with van der Waals surface area (Å²) in [6.45, 7) is 3.80. The van der Waals surface area contributed by atoms with Crippen LogP contribution in [0.1, 0.15) is 23.1 Å². The maximum atomic E-state index is 12.7. The van der Waals surface area contributed by atoms with Crippen LogP contribution in [-0.4, -0.2) is 28.5 Å². The first-order valence-corrected chi connectivity index (χ1v) is 11.9. The lowest BCUT2D eigenvalue weighted by molar-refractivity contribution is -0.116. The molecule has 0 unspecified atom stereocenters. The molecule has 0 fully saturated rings. The lowest BCUT2D eigenvalue weighted by Crippen LogP contribution is -2.15. The minimum absolute atomic E-state index is 0.116. The lowest BCUT2D eigenvalue weighted by Gasteiger charge is -2.12. The highest BCUT2D eigenvalue weighted by Gasteiger charge is 2.15. The number of benzene rings is 3. The summed E-state index contributed by atoms with van der Waals surface area (Å²) in [4.78, 5) is 12.5. The van der Waals surface area contributed by atoms with Crippen molar-refractivity contribution in [3.63, 3.8) is 0 Å². The van der Waals surface area contributed by atoms with Gasteiger partial charge in [0.2, 0.25) is 5.91 Å². The van der Waals surface area contributed by atoms with Crippen LogP contribution in [0.2, 0.25) is 0 Å². The first-order valence-electron chi connectivity index (χ1n) is 10.4. The Labute approximate surface area is 194 Å². The highest BCUT2D eigenvalue weighted by atomic mass is 32.2. The number of hydrogen-bond donors (Lipinski definition) is 2. The molecule has 0 aliphatic rings. The number of sulfonamides is 1. The molecule has 0 aliphatic carbocycles. The molecule has 33 heavy (non-hydrogen) atoms. The fourth-order valence-electron chi connectivity index (χ4n) is 3.37. The molecule has 0 radical (unpaired) electrons. The fourth-order valence-corrected chi connectivity index (χ4v) is 4.50. The van der Waals surface area contributed by atoms with Crippen LogP contribution in [0.5, 0.6) is 11.5 Å². The number of methoxy groups -OCH3 is 2. The van der Waals surface area contributed by atoms with Gasteiger partial charge in [0.1, 0.15) is 0 Å². The van der Waals surface area contributed by atoms with E-state index in [2.05, 4.69) is 10.0 Å². The Hall–Kier alpha value is -3.52. The van der Waals surface area contributed by atoms with Gasteiger partial charge in [-0.1, -0.05) is 23.8 Å². The predicted octanol–water partition coefficient (Wildman–Crippen LogP) is 4.69. The van der Waals surface area contributed by atoms with E-state index in [9.17, 15) is 13.2 Å². The molecule has 0 aliphatic heterocycles. The number of nitrogens with one attached hydrogen (secondary N) is 2. The number of ether oxygens (including phenoxy) is 2. The molecule has 174 valence electrons. The van der Waals surface area contributed by atoms with E-state index in [1.165, 1.54) is 12.1 Å². The van der Waals surface area contributed by atoms with Crippen LogP contribution in [0, 0.1) is 13.8 Å². The first kappa shape index (κ1) is 24.1. The molecule has 8 heteroatoms. The molecule has 2 N–H and O–H groups in total. The van der Waals surface area contributed by atoms with Gasteiger partial charge in [-0.25, -0.2) is 8.42 Å². The molecule has 0 bridgehead atoms. The van der Waals surface area contributed by atoms with Crippen LogP contribution in [-0.2, 0) is 21.2 Å². The van der Waals surface area contributed by atoms with E-state index in [4.69, 9.17) is 9.47 Å². The van der Waals surface area contributed by atoms with Crippen LogP contribution < -0.4 is 19.5 Å². The smallest absolute Gasteiger partial charge is 0.261 e. The molecule has 0 saturated carbocycles. The Bertz CT molecular complexity index is 1240. The highest BCUT2D eigenvalue weighted by Crippen LogP contribution is 2.28. The Morgan fingerprint density at radius 3 is 2.21 bits per heavy atom. The summed E-state index contributed by atoms with van der Waals surface area (Å²) in [6.07, 6.45) is 0.794. The number of aryl methyl sites for hydroxylation is 3. The summed E-state index contributed by atoms with van der Waals surface area (Å²) in [7, 11) is -0.602. The van der Waals surface area contributed by atoms with Gasteiger partial charge in [-0.3, -0.25) is 9.52 Å². The molecular formula is C25H28N2O5S. The lowest BCUT2D eigenvalue weighted by atomic mass is 10.1. The van der Waals surface area contributed by atoms with Gasteiger partial charge in [-0.05, 0) is 73.9 Å². The molecule has 7 nitrogen and oxygen atoms in total. The Balaban J connectivity index is 1.60. The van der Waals surface area contributed by atoms with Crippen molar-refractivity contribution in [3.8, 4) is 11.5 Å². The van der Waals surface area contributed by atoms with Crippen LogP contribution in [0.15, 0.2) is 65.6 Å². The van der Waals surface area contributed by atoms with Crippen LogP contribution in [0.3, 0.4) is 0 Å². The van der Waals surface area contributed by atoms with Gasteiger partial charge in [-0.2, -0.15) is 0 Å². The third-order valence-corrected chi connectivity index (χ3v) is 6.54. The summed E-state index contributed by atoms with van der Waals surface area (Å²) in [6, 6.07) is 17.1. The van der Waals surface area contributed by atoms with Gasteiger partial charge in [0.15, 0.2) is 11.5 Å². The highest BCUT2D eigenvalue weighted by molar-refractivity contribution is 7.92. The third-order valence-electron chi connectivity index (χ3n) is 5.16.